The van der Waals surface area contributed by atoms with E-state index < -0.39 is 0 Å². The van der Waals surface area contributed by atoms with Gasteiger partial charge in [-0.25, -0.2) is 0 Å². The minimum atomic E-state index is 0.0813. The normalized spacial score (nSPS) is 11.5. The maximum absolute atomic E-state index is 12.0. The van der Waals surface area contributed by atoms with Crippen LogP contribution < -0.4 is 5.56 Å². The summed E-state index contributed by atoms with van der Waals surface area (Å²) in [4.78, 5) is 12.0. The highest BCUT2D eigenvalue weighted by Gasteiger charge is 2.11. The second kappa shape index (κ2) is 3.23. The van der Waals surface area contributed by atoms with E-state index in [2.05, 4.69) is 22.6 Å². The number of benzene rings is 1. The van der Waals surface area contributed by atoms with E-state index in [4.69, 9.17) is 0 Å². The van der Waals surface area contributed by atoms with Crippen molar-refractivity contribution in [3.8, 4) is 0 Å². The summed E-state index contributed by atoms with van der Waals surface area (Å²) in [6, 6.07) is 10.3. The van der Waals surface area contributed by atoms with Crippen molar-refractivity contribution in [2.75, 3.05) is 0 Å². The van der Waals surface area contributed by atoms with Crippen LogP contribution in [-0.4, -0.2) is 8.97 Å². The van der Waals surface area contributed by atoms with Gasteiger partial charge in [0.1, 0.15) is 5.65 Å². The number of fused-ring (bicyclic) bond motifs is 3. The highest BCUT2D eigenvalue weighted by molar-refractivity contribution is 5.86. The summed E-state index contributed by atoms with van der Waals surface area (Å²) in [6.45, 7) is 3.88. The van der Waals surface area contributed by atoms with Gasteiger partial charge in [-0.3, -0.25) is 13.8 Å². The van der Waals surface area contributed by atoms with Crippen LogP contribution in [0, 0.1) is 13.8 Å². The third-order valence-corrected chi connectivity index (χ3v) is 3.54. The van der Waals surface area contributed by atoms with Gasteiger partial charge in [-0.05, 0) is 26.0 Å². The summed E-state index contributed by atoms with van der Waals surface area (Å²) in [5.74, 6) is 0. The van der Waals surface area contributed by atoms with Crippen molar-refractivity contribution >= 4 is 16.6 Å². The Bertz CT molecular complexity index is 793. The van der Waals surface area contributed by atoms with E-state index in [9.17, 15) is 4.79 Å². The number of nitrogens with zero attached hydrogens (tertiary/aromatic N) is 2. The van der Waals surface area contributed by atoms with Gasteiger partial charge in [-0.15, -0.1) is 0 Å². The Morgan fingerprint density at radius 1 is 1.12 bits per heavy atom. The molecule has 2 heterocycles. The Kier molecular flexibility index (Phi) is 1.93. The van der Waals surface area contributed by atoms with Crippen molar-refractivity contribution in [3.05, 3.63) is 51.9 Å². The Hall–Kier alpha value is -2.03. The van der Waals surface area contributed by atoms with Crippen molar-refractivity contribution in [1.29, 1.82) is 0 Å². The molecule has 2 aromatic heterocycles. The SMILES string of the molecule is Cc1c(C)n2c3ccccc3cc2n(C)c1=O. The minimum absolute atomic E-state index is 0.0813. The monoisotopic (exact) mass is 226 g/mol. The predicted molar refractivity (Wildman–Crippen MR) is 69.6 cm³/mol. The van der Waals surface area contributed by atoms with Gasteiger partial charge in [0.05, 0.1) is 5.52 Å². The Labute approximate surface area is 98.9 Å². The van der Waals surface area contributed by atoms with Gasteiger partial charge < -0.3 is 0 Å². The number of hydrogen-bond donors (Lipinski definition) is 0. The van der Waals surface area contributed by atoms with Crippen molar-refractivity contribution in [3.63, 3.8) is 0 Å². The molecule has 17 heavy (non-hydrogen) atoms. The lowest BCUT2D eigenvalue weighted by atomic mass is 10.2. The van der Waals surface area contributed by atoms with Gasteiger partial charge in [0, 0.05) is 23.7 Å². The molecule has 1 aromatic carbocycles. The van der Waals surface area contributed by atoms with Crippen LogP contribution in [-0.2, 0) is 7.05 Å². The fourth-order valence-electron chi connectivity index (χ4n) is 2.42. The maximum Gasteiger partial charge on any atom is 0.256 e. The molecule has 0 N–H and O–H groups in total. The highest BCUT2D eigenvalue weighted by atomic mass is 16.1. The molecule has 3 nitrogen and oxygen atoms in total. The summed E-state index contributed by atoms with van der Waals surface area (Å²) in [7, 11) is 1.82. The van der Waals surface area contributed by atoms with E-state index in [1.165, 1.54) is 0 Å². The lowest BCUT2D eigenvalue weighted by molar-refractivity contribution is 0.834. The molecule has 3 aromatic rings. The molecule has 3 heteroatoms. The first-order chi connectivity index (χ1) is 8.11. The van der Waals surface area contributed by atoms with Gasteiger partial charge in [0.25, 0.3) is 5.56 Å². The first-order valence-electron chi connectivity index (χ1n) is 5.67. The maximum atomic E-state index is 12.0. The van der Waals surface area contributed by atoms with Gasteiger partial charge in [-0.1, -0.05) is 18.2 Å². The van der Waals surface area contributed by atoms with Crippen LogP contribution in [0.25, 0.3) is 16.6 Å². The van der Waals surface area contributed by atoms with Gasteiger partial charge >= 0.3 is 0 Å². The largest absolute Gasteiger partial charge is 0.299 e. The molecule has 3 rings (SSSR count). The average Bonchev–Trinajstić information content (AvgIpc) is 2.73. The van der Waals surface area contributed by atoms with Crippen LogP contribution in [0.2, 0.25) is 0 Å². The van der Waals surface area contributed by atoms with E-state index >= 15 is 0 Å². The first-order valence-corrected chi connectivity index (χ1v) is 5.67. The molecule has 0 spiro atoms. The highest BCUT2D eigenvalue weighted by Crippen LogP contribution is 2.21. The summed E-state index contributed by atoms with van der Waals surface area (Å²) in [5, 5.41) is 1.16. The second-order valence-electron chi connectivity index (χ2n) is 4.47. The minimum Gasteiger partial charge on any atom is -0.299 e. The standard InChI is InChI=1S/C14H14N2O/c1-9-10(2)16-12-7-5-4-6-11(12)8-13(16)15(3)14(9)17/h4-8H,1-3H3. The molecular weight excluding hydrogens is 212 g/mol. The Morgan fingerprint density at radius 3 is 2.59 bits per heavy atom. The van der Waals surface area contributed by atoms with Crippen molar-refractivity contribution in [1.82, 2.24) is 8.97 Å². The molecule has 0 aliphatic heterocycles. The molecule has 0 bridgehead atoms. The predicted octanol–water partition coefficient (Wildman–Crippen LogP) is 2.41. The van der Waals surface area contributed by atoms with Crippen molar-refractivity contribution in [2.45, 2.75) is 13.8 Å². The molecule has 0 unspecified atom stereocenters. The van der Waals surface area contributed by atoms with E-state index in [-0.39, 0.29) is 5.56 Å². The van der Waals surface area contributed by atoms with E-state index in [1.54, 1.807) is 4.57 Å². The fraction of sp³-hybridized carbons (Fsp3) is 0.214. The summed E-state index contributed by atoms with van der Waals surface area (Å²) in [5.41, 5.74) is 4.00. The Balaban J connectivity index is 2.72. The third-order valence-electron chi connectivity index (χ3n) is 3.54. The van der Waals surface area contributed by atoms with Crippen LogP contribution >= 0.6 is 0 Å². The zero-order valence-electron chi connectivity index (χ0n) is 10.2. The van der Waals surface area contributed by atoms with E-state index in [0.29, 0.717) is 0 Å². The molecular formula is C14H14N2O. The van der Waals surface area contributed by atoms with Gasteiger partial charge in [-0.2, -0.15) is 0 Å². The van der Waals surface area contributed by atoms with Crippen molar-refractivity contribution < 1.29 is 0 Å². The van der Waals surface area contributed by atoms with Crippen molar-refractivity contribution in [2.24, 2.45) is 7.05 Å². The molecule has 0 saturated heterocycles. The molecule has 0 radical (unpaired) electrons. The number of hydrogen-bond acceptors (Lipinski definition) is 1. The molecule has 0 amide bonds. The summed E-state index contributed by atoms with van der Waals surface area (Å²) < 4.78 is 3.86. The molecule has 0 atom stereocenters. The zero-order chi connectivity index (χ0) is 12.2. The van der Waals surface area contributed by atoms with E-state index in [0.717, 1.165) is 27.8 Å². The van der Waals surface area contributed by atoms with Gasteiger partial charge in [0.15, 0.2) is 0 Å². The average molecular weight is 226 g/mol. The molecule has 86 valence electrons. The lowest BCUT2D eigenvalue weighted by Crippen LogP contribution is -2.23. The second-order valence-corrected chi connectivity index (χ2v) is 4.47. The van der Waals surface area contributed by atoms with Gasteiger partial charge in [0.2, 0.25) is 0 Å². The summed E-state index contributed by atoms with van der Waals surface area (Å²) >= 11 is 0. The quantitative estimate of drug-likeness (QED) is 0.578. The molecule has 0 fully saturated rings. The zero-order valence-corrected chi connectivity index (χ0v) is 10.2. The first kappa shape index (κ1) is 10.1. The lowest BCUT2D eigenvalue weighted by Gasteiger charge is -2.09. The van der Waals surface area contributed by atoms with Crippen LogP contribution in [0.15, 0.2) is 35.1 Å². The van der Waals surface area contributed by atoms with Crippen LogP contribution in [0.4, 0.5) is 0 Å². The number of rotatable bonds is 0. The smallest absolute Gasteiger partial charge is 0.256 e. The number of aryl methyl sites for hydroxylation is 2. The fourth-order valence-corrected chi connectivity index (χ4v) is 2.42. The van der Waals surface area contributed by atoms with E-state index in [1.807, 2.05) is 33.0 Å². The topological polar surface area (TPSA) is 26.4 Å². The molecule has 0 saturated carbocycles. The number of aromatic nitrogens is 2. The molecule has 0 aliphatic carbocycles. The van der Waals surface area contributed by atoms with Crippen LogP contribution in [0.3, 0.4) is 0 Å². The molecule has 0 aliphatic rings. The Morgan fingerprint density at radius 2 is 1.82 bits per heavy atom. The number of para-hydroxylation sites is 1. The van der Waals surface area contributed by atoms with Crippen LogP contribution in [0.1, 0.15) is 11.3 Å². The summed E-state index contributed by atoms with van der Waals surface area (Å²) in [6.07, 6.45) is 0. The third kappa shape index (κ3) is 1.19. The van der Waals surface area contributed by atoms with Crippen LogP contribution in [0.5, 0.6) is 0 Å².